The van der Waals surface area contributed by atoms with Crippen LogP contribution in [0.1, 0.15) is 46.4 Å². The zero-order valence-electron chi connectivity index (χ0n) is 19.2. The maximum atomic E-state index is 12.4. The smallest absolute Gasteiger partial charge is 0.329 e. The summed E-state index contributed by atoms with van der Waals surface area (Å²) in [6, 6.07) is 10.4. The maximum absolute atomic E-state index is 12.4. The molecule has 10 heteroatoms. The molecule has 2 N–H and O–H groups in total. The first kappa shape index (κ1) is 24.5. The number of amides is 1. The highest BCUT2D eigenvalue weighted by atomic mass is 19.3. The number of hydrogen-bond donors (Lipinski definition) is 2. The Hall–Kier alpha value is -3.66. The fourth-order valence-electron chi connectivity index (χ4n) is 3.84. The zero-order valence-corrected chi connectivity index (χ0v) is 19.2. The van der Waals surface area contributed by atoms with Crippen LogP contribution >= 0.6 is 0 Å². The normalized spacial score (nSPS) is 18.3. The Bertz CT molecular complexity index is 1240. The molecule has 0 spiro atoms. The van der Waals surface area contributed by atoms with E-state index in [-0.39, 0.29) is 12.8 Å². The number of aldehydes is 1. The molecule has 0 bridgehead atoms. The topological polar surface area (TPSA) is 105 Å². The van der Waals surface area contributed by atoms with Gasteiger partial charge in [-0.2, -0.15) is 0 Å². The van der Waals surface area contributed by atoms with Gasteiger partial charge in [0.15, 0.2) is 6.29 Å². The van der Waals surface area contributed by atoms with Crippen molar-refractivity contribution < 1.29 is 28.3 Å². The summed E-state index contributed by atoms with van der Waals surface area (Å²) in [5.74, 6) is -3.78. The minimum atomic E-state index is -2.38. The second kappa shape index (κ2) is 9.53. The molecule has 184 valence electrons. The highest BCUT2D eigenvalue weighted by Gasteiger charge is 2.51. The Morgan fingerprint density at radius 3 is 2.29 bits per heavy atom. The maximum Gasteiger partial charge on any atom is 0.329 e. The van der Waals surface area contributed by atoms with E-state index in [2.05, 4.69) is 10.3 Å². The number of rotatable bonds is 5. The summed E-state index contributed by atoms with van der Waals surface area (Å²) >= 11 is 0. The Kier molecular flexibility index (Phi) is 6.66. The molecule has 3 heterocycles. The lowest BCUT2D eigenvalue weighted by Gasteiger charge is -2.28. The van der Waals surface area contributed by atoms with Crippen molar-refractivity contribution in [2.45, 2.75) is 37.1 Å². The number of benzene rings is 1. The van der Waals surface area contributed by atoms with Gasteiger partial charge >= 0.3 is 5.97 Å². The first-order chi connectivity index (χ1) is 16.6. The number of fused-ring (bicyclic) bond motifs is 1. The molecular formula is C25H26F2N4O4. The van der Waals surface area contributed by atoms with Gasteiger partial charge in [-0.3, -0.25) is 9.59 Å². The Morgan fingerprint density at radius 2 is 1.74 bits per heavy atom. The molecule has 5 rings (SSSR count). The van der Waals surface area contributed by atoms with E-state index in [1.807, 2.05) is 28.8 Å². The Balaban J connectivity index is 0.000000271. The number of carboxylic acids is 1. The zero-order chi connectivity index (χ0) is 25.2. The number of likely N-dealkylation sites (tertiary alicyclic amines) is 1. The molecule has 1 saturated heterocycles. The second-order valence-corrected chi connectivity index (χ2v) is 9.03. The van der Waals surface area contributed by atoms with Crippen LogP contribution in [0.5, 0.6) is 0 Å². The minimum Gasteiger partial charge on any atom is -0.480 e. The number of carboxylic acid groups (broad SMARTS) is 1. The molecule has 1 aromatic carbocycles. The van der Waals surface area contributed by atoms with Gasteiger partial charge in [0.25, 0.3) is 11.8 Å². The number of nitrogens with one attached hydrogen (secondary N) is 1. The van der Waals surface area contributed by atoms with Crippen molar-refractivity contribution >= 4 is 29.2 Å². The van der Waals surface area contributed by atoms with E-state index in [0.717, 1.165) is 17.4 Å². The van der Waals surface area contributed by atoms with Crippen LogP contribution in [-0.2, 0) is 4.79 Å². The van der Waals surface area contributed by atoms with Crippen LogP contribution in [-0.4, -0.2) is 69.3 Å². The number of aromatic nitrogens is 2. The molecular weight excluding hydrogens is 458 g/mol. The number of pyridine rings is 1. The van der Waals surface area contributed by atoms with Crippen molar-refractivity contribution in [2.24, 2.45) is 0 Å². The van der Waals surface area contributed by atoms with Crippen LogP contribution < -0.4 is 5.32 Å². The monoisotopic (exact) mass is 484 g/mol. The third kappa shape index (κ3) is 5.54. The SMILES string of the molecule is CN1CCC(F)(F)CC1.O=Cc1cnc2c(ccn2-c2ccc(C(=O)NC3(C(=O)O)CC3)cc2)c1. The average molecular weight is 485 g/mol. The van der Waals surface area contributed by atoms with Crippen LogP contribution in [0.4, 0.5) is 8.78 Å². The van der Waals surface area contributed by atoms with Crippen LogP contribution in [0, 0.1) is 0 Å². The van der Waals surface area contributed by atoms with E-state index in [1.165, 1.54) is 6.20 Å². The number of carbonyl (C=O) groups is 3. The molecule has 2 fully saturated rings. The first-order valence-electron chi connectivity index (χ1n) is 11.3. The van der Waals surface area contributed by atoms with Crippen LogP contribution in [0.15, 0.2) is 48.8 Å². The first-order valence-corrected chi connectivity index (χ1v) is 11.3. The molecule has 8 nitrogen and oxygen atoms in total. The van der Waals surface area contributed by atoms with Gasteiger partial charge in [0, 0.05) is 60.5 Å². The van der Waals surface area contributed by atoms with Crippen molar-refractivity contribution in [3.05, 3.63) is 59.9 Å². The molecule has 3 aromatic rings. The Morgan fingerprint density at radius 1 is 1.09 bits per heavy atom. The van der Waals surface area contributed by atoms with Crippen molar-refractivity contribution in [3.63, 3.8) is 0 Å². The van der Waals surface area contributed by atoms with Crippen LogP contribution in [0.3, 0.4) is 0 Å². The molecule has 1 amide bonds. The molecule has 1 saturated carbocycles. The van der Waals surface area contributed by atoms with Crippen LogP contribution in [0.2, 0.25) is 0 Å². The highest BCUT2D eigenvalue weighted by Crippen LogP contribution is 2.35. The van der Waals surface area contributed by atoms with Gasteiger partial charge in [-0.1, -0.05) is 0 Å². The summed E-state index contributed by atoms with van der Waals surface area (Å²) in [6.07, 6.45) is 5.07. The number of piperidine rings is 1. The fraction of sp³-hybridized carbons (Fsp3) is 0.360. The summed E-state index contributed by atoms with van der Waals surface area (Å²) in [4.78, 5) is 40.5. The largest absolute Gasteiger partial charge is 0.480 e. The molecule has 35 heavy (non-hydrogen) atoms. The number of hydrogen-bond acceptors (Lipinski definition) is 5. The lowest BCUT2D eigenvalue weighted by Crippen LogP contribution is -2.43. The van der Waals surface area contributed by atoms with E-state index >= 15 is 0 Å². The molecule has 2 aromatic heterocycles. The van der Waals surface area contributed by atoms with E-state index in [1.54, 1.807) is 30.3 Å². The summed E-state index contributed by atoms with van der Waals surface area (Å²) in [5.41, 5.74) is 1.31. The summed E-state index contributed by atoms with van der Waals surface area (Å²) < 4.78 is 26.6. The summed E-state index contributed by atoms with van der Waals surface area (Å²) in [6.45, 7) is 1.07. The van der Waals surface area contributed by atoms with Crippen LogP contribution in [0.25, 0.3) is 16.7 Å². The number of nitrogens with zero attached hydrogens (tertiary/aromatic N) is 3. The minimum absolute atomic E-state index is 0.0312. The third-order valence-corrected chi connectivity index (χ3v) is 6.32. The fourth-order valence-corrected chi connectivity index (χ4v) is 3.84. The highest BCUT2D eigenvalue weighted by molar-refractivity contribution is 5.99. The number of halogens is 2. The van der Waals surface area contributed by atoms with Gasteiger partial charge in [-0.25, -0.2) is 18.6 Å². The quantitative estimate of drug-likeness (QED) is 0.537. The van der Waals surface area contributed by atoms with Gasteiger partial charge < -0.3 is 19.9 Å². The average Bonchev–Trinajstić information content (AvgIpc) is 3.51. The molecule has 2 aliphatic rings. The van der Waals surface area contributed by atoms with Crippen molar-refractivity contribution in [1.82, 2.24) is 19.8 Å². The van der Waals surface area contributed by atoms with E-state index in [4.69, 9.17) is 5.11 Å². The van der Waals surface area contributed by atoms with E-state index in [0.29, 0.717) is 42.7 Å². The predicted octanol–water partition coefficient (Wildman–Crippen LogP) is 3.53. The molecule has 0 radical (unpaired) electrons. The molecule has 0 atom stereocenters. The van der Waals surface area contributed by atoms with Gasteiger partial charge in [0.2, 0.25) is 0 Å². The number of carbonyl (C=O) groups excluding carboxylic acids is 2. The van der Waals surface area contributed by atoms with Gasteiger partial charge in [-0.05, 0) is 56.3 Å². The number of alkyl halides is 2. The standard InChI is InChI=1S/C19H15N3O4.C6H11F2N/c23-11-12-9-14-5-8-22(16(14)20-10-12)15-3-1-13(2-4-15)17(24)21-19(6-7-19)18(25)26;1-9-4-2-6(7,8)3-5-9/h1-5,8-11H,6-7H2,(H,21,24)(H,25,26);2-5H2,1H3. The number of aliphatic carboxylic acids is 1. The lowest BCUT2D eigenvalue weighted by molar-refractivity contribution is -0.140. The van der Waals surface area contributed by atoms with Crippen molar-refractivity contribution in [1.29, 1.82) is 0 Å². The third-order valence-electron chi connectivity index (χ3n) is 6.32. The van der Waals surface area contributed by atoms with Gasteiger partial charge in [0.05, 0.1) is 0 Å². The lowest BCUT2D eigenvalue weighted by atomic mass is 10.1. The van der Waals surface area contributed by atoms with E-state index < -0.39 is 23.3 Å². The molecule has 1 aliphatic heterocycles. The Labute approximate surface area is 200 Å². The van der Waals surface area contributed by atoms with Crippen molar-refractivity contribution in [3.8, 4) is 5.69 Å². The second-order valence-electron chi connectivity index (χ2n) is 9.03. The van der Waals surface area contributed by atoms with E-state index in [9.17, 15) is 23.2 Å². The predicted molar refractivity (Wildman–Crippen MR) is 125 cm³/mol. The van der Waals surface area contributed by atoms with Gasteiger partial charge in [-0.15, -0.1) is 0 Å². The molecule has 1 aliphatic carbocycles. The molecule has 0 unspecified atom stereocenters. The summed E-state index contributed by atoms with van der Waals surface area (Å²) in [7, 11) is 1.87. The van der Waals surface area contributed by atoms with Crippen molar-refractivity contribution in [2.75, 3.05) is 20.1 Å². The summed E-state index contributed by atoms with van der Waals surface area (Å²) in [5, 5.41) is 12.6. The van der Waals surface area contributed by atoms with Gasteiger partial charge in [0.1, 0.15) is 11.2 Å².